The van der Waals surface area contributed by atoms with Crippen molar-refractivity contribution in [1.82, 2.24) is 14.9 Å². The lowest BCUT2D eigenvalue weighted by Crippen LogP contribution is -2.47. The van der Waals surface area contributed by atoms with E-state index in [4.69, 9.17) is 0 Å². The zero-order valence-electron chi connectivity index (χ0n) is 14.4. The van der Waals surface area contributed by atoms with Crippen molar-refractivity contribution in [3.63, 3.8) is 0 Å². The van der Waals surface area contributed by atoms with Gasteiger partial charge in [-0.3, -0.25) is 0 Å². The normalized spacial score (nSPS) is 20.2. The second-order valence-electron chi connectivity index (χ2n) is 7.02. The molecule has 24 heavy (non-hydrogen) atoms. The first-order valence-electron chi connectivity index (χ1n) is 8.25. The smallest absolute Gasteiger partial charge is 0.132 e. The summed E-state index contributed by atoms with van der Waals surface area (Å²) in [4.78, 5) is 11.4. The topological polar surface area (TPSA) is 29.0 Å². The molecule has 3 rings (SSSR count). The minimum absolute atomic E-state index is 0.243. The van der Waals surface area contributed by atoms with Gasteiger partial charge in [0.25, 0.3) is 0 Å². The SMILES string of the molecule is CN1CC(c2ncc(C#Cc3cccc(F)c3)cn2)CCC1(C)C. The molecule has 0 spiro atoms. The molecular formula is C20H22FN3. The predicted molar refractivity (Wildman–Crippen MR) is 93.1 cm³/mol. The van der Waals surface area contributed by atoms with Crippen LogP contribution in [0.25, 0.3) is 0 Å². The van der Waals surface area contributed by atoms with E-state index >= 15 is 0 Å². The standard InChI is InChI=1S/C20H22FN3/c1-20(2)10-9-17(14-24(20)3)19-22-12-16(13-23-19)8-7-15-5-4-6-18(21)11-15/h4-6,11-13,17H,9-10,14H2,1-3H3. The van der Waals surface area contributed by atoms with Crippen LogP contribution in [0, 0.1) is 17.7 Å². The van der Waals surface area contributed by atoms with Gasteiger partial charge in [0.15, 0.2) is 0 Å². The average molecular weight is 323 g/mol. The van der Waals surface area contributed by atoms with Crippen molar-refractivity contribution >= 4 is 0 Å². The number of halogens is 1. The molecule has 2 heterocycles. The summed E-state index contributed by atoms with van der Waals surface area (Å²) in [5.74, 6) is 6.90. The van der Waals surface area contributed by atoms with Gasteiger partial charge >= 0.3 is 0 Å². The van der Waals surface area contributed by atoms with Crippen LogP contribution in [0.3, 0.4) is 0 Å². The fourth-order valence-corrected chi connectivity index (χ4v) is 2.92. The molecule has 1 aromatic heterocycles. The number of piperidine rings is 1. The fourth-order valence-electron chi connectivity index (χ4n) is 2.92. The summed E-state index contributed by atoms with van der Waals surface area (Å²) < 4.78 is 13.1. The van der Waals surface area contributed by atoms with E-state index in [1.165, 1.54) is 12.1 Å². The summed E-state index contributed by atoms with van der Waals surface area (Å²) in [6.07, 6.45) is 5.76. The van der Waals surface area contributed by atoms with E-state index in [1.807, 2.05) is 0 Å². The molecule has 1 aliphatic rings. The Morgan fingerprint density at radius 1 is 1.17 bits per heavy atom. The summed E-state index contributed by atoms with van der Waals surface area (Å²) in [7, 11) is 2.16. The molecule has 0 amide bonds. The number of aromatic nitrogens is 2. The van der Waals surface area contributed by atoms with Gasteiger partial charge in [-0.15, -0.1) is 0 Å². The fraction of sp³-hybridized carbons (Fsp3) is 0.400. The van der Waals surface area contributed by atoms with Crippen LogP contribution in [0.1, 0.15) is 49.6 Å². The van der Waals surface area contributed by atoms with Crippen LogP contribution in [-0.4, -0.2) is 34.0 Å². The maximum Gasteiger partial charge on any atom is 0.132 e. The predicted octanol–water partition coefficient (Wildman–Crippen LogP) is 3.60. The van der Waals surface area contributed by atoms with Crippen molar-refractivity contribution in [2.24, 2.45) is 0 Å². The Bertz CT molecular complexity index is 771. The Morgan fingerprint density at radius 2 is 1.88 bits per heavy atom. The summed E-state index contributed by atoms with van der Waals surface area (Å²) in [5, 5.41) is 0. The number of likely N-dealkylation sites (N-methyl/N-ethyl adjacent to an activating group) is 1. The van der Waals surface area contributed by atoms with E-state index < -0.39 is 0 Å². The zero-order chi connectivity index (χ0) is 17.2. The Balaban J connectivity index is 1.70. The second-order valence-corrected chi connectivity index (χ2v) is 7.02. The second kappa shape index (κ2) is 6.70. The monoisotopic (exact) mass is 323 g/mol. The molecular weight excluding hydrogens is 301 g/mol. The van der Waals surface area contributed by atoms with Crippen molar-refractivity contribution in [3.8, 4) is 11.8 Å². The number of benzene rings is 1. The third-order valence-electron chi connectivity index (χ3n) is 4.84. The third-order valence-corrected chi connectivity index (χ3v) is 4.84. The number of nitrogens with zero attached hydrogens (tertiary/aromatic N) is 3. The molecule has 1 aromatic carbocycles. The van der Waals surface area contributed by atoms with Gasteiger partial charge in [0.05, 0.1) is 5.56 Å². The van der Waals surface area contributed by atoms with E-state index in [9.17, 15) is 4.39 Å². The van der Waals surface area contributed by atoms with Gasteiger partial charge in [0.2, 0.25) is 0 Å². The first-order valence-corrected chi connectivity index (χ1v) is 8.25. The number of rotatable bonds is 1. The summed E-state index contributed by atoms with van der Waals surface area (Å²) >= 11 is 0. The van der Waals surface area contributed by atoms with Crippen molar-refractivity contribution < 1.29 is 4.39 Å². The Kier molecular flexibility index (Phi) is 4.64. The summed E-state index contributed by atoms with van der Waals surface area (Å²) in [5.41, 5.74) is 1.63. The van der Waals surface area contributed by atoms with Crippen molar-refractivity contribution in [2.45, 2.75) is 38.1 Å². The van der Waals surface area contributed by atoms with Crippen molar-refractivity contribution in [3.05, 3.63) is 59.4 Å². The highest BCUT2D eigenvalue weighted by atomic mass is 19.1. The van der Waals surface area contributed by atoms with Crippen LogP contribution in [-0.2, 0) is 0 Å². The third kappa shape index (κ3) is 3.80. The molecule has 124 valence electrons. The first-order chi connectivity index (χ1) is 11.4. The Hall–Kier alpha value is -2.25. The summed E-state index contributed by atoms with van der Waals surface area (Å²) in [6.45, 7) is 5.52. The highest BCUT2D eigenvalue weighted by Gasteiger charge is 2.33. The largest absolute Gasteiger partial charge is 0.301 e. The van der Waals surface area contributed by atoms with Gasteiger partial charge in [0.1, 0.15) is 11.6 Å². The van der Waals surface area contributed by atoms with Crippen molar-refractivity contribution in [2.75, 3.05) is 13.6 Å². The minimum atomic E-state index is -0.280. The Morgan fingerprint density at radius 3 is 2.54 bits per heavy atom. The quantitative estimate of drug-likeness (QED) is 0.751. The summed E-state index contributed by atoms with van der Waals surface area (Å²) in [6, 6.07) is 6.26. The van der Waals surface area contributed by atoms with Gasteiger partial charge in [-0.25, -0.2) is 14.4 Å². The molecule has 1 atom stereocenters. The molecule has 3 nitrogen and oxygen atoms in total. The van der Waals surface area contributed by atoms with Crippen LogP contribution < -0.4 is 0 Å². The lowest BCUT2D eigenvalue weighted by molar-refractivity contribution is 0.0917. The van der Waals surface area contributed by atoms with E-state index in [-0.39, 0.29) is 11.4 Å². The zero-order valence-corrected chi connectivity index (χ0v) is 14.4. The molecule has 0 aliphatic carbocycles. The van der Waals surface area contributed by atoms with Crippen LogP contribution in [0.2, 0.25) is 0 Å². The molecule has 0 radical (unpaired) electrons. The van der Waals surface area contributed by atoms with Crippen LogP contribution in [0.5, 0.6) is 0 Å². The number of hydrogen-bond acceptors (Lipinski definition) is 3. The number of likely N-dealkylation sites (tertiary alicyclic amines) is 1. The molecule has 2 aromatic rings. The maximum atomic E-state index is 13.1. The van der Waals surface area contributed by atoms with Gasteiger partial charge < -0.3 is 4.90 Å². The van der Waals surface area contributed by atoms with Crippen LogP contribution in [0.4, 0.5) is 4.39 Å². The number of hydrogen-bond donors (Lipinski definition) is 0. The van der Waals surface area contributed by atoms with E-state index in [0.29, 0.717) is 11.5 Å². The molecule has 1 aliphatic heterocycles. The molecule has 4 heteroatoms. The van der Waals surface area contributed by atoms with Crippen molar-refractivity contribution in [1.29, 1.82) is 0 Å². The molecule has 0 bridgehead atoms. The van der Waals surface area contributed by atoms with E-state index in [2.05, 4.69) is 47.6 Å². The first kappa shape index (κ1) is 16.6. The van der Waals surface area contributed by atoms with Crippen LogP contribution >= 0.6 is 0 Å². The lowest BCUT2D eigenvalue weighted by Gasteiger charge is -2.42. The molecule has 0 N–H and O–H groups in total. The highest BCUT2D eigenvalue weighted by Crippen LogP contribution is 2.33. The van der Waals surface area contributed by atoms with Gasteiger partial charge in [-0.2, -0.15) is 0 Å². The Labute approximate surface area is 142 Å². The van der Waals surface area contributed by atoms with E-state index in [0.717, 1.165) is 30.8 Å². The average Bonchev–Trinajstić information content (AvgIpc) is 2.56. The van der Waals surface area contributed by atoms with Gasteiger partial charge in [0, 0.05) is 36.0 Å². The van der Waals surface area contributed by atoms with Gasteiger partial charge in [-0.05, 0) is 51.9 Å². The van der Waals surface area contributed by atoms with Gasteiger partial charge in [-0.1, -0.05) is 17.9 Å². The van der Waals surface area contributed by atoms with E-state index in [1.54, 1.807) is 24.5 Å². The molecule has 0 saturated carbocycles. The lowest BCUT2D eigenvalue weighted by atomic mass is 9.85. The molecule has 1 fully saturated rings. The molecule has 1 unspecified atom stereocenters. The molecule has 1 saturated heterocycles. The minimum Gasteiger partial charge on any atom is -0.301 e. The highest BCUT2D eigenvalue weighted by molar-refractivity contribution is 5.41. The van der Waals surface area contributed by atoms with Crippen LogP contribution in [0.15, 0.2) is 36.7 Å². The maximum absolute atomic E-state index is 13.1.